The molecule has 0 atom stereocenters. The fraction of sp³-hybridized carbons (Fsp3) is 0.118. The number of amides is 1. The third-order valence-corrected chi connectivity index (χ3v) is 3.52. The van der Waals surface area contributed by atoms with Gasteiger partial charge in [-0.15, -0.1) is 0 Å². The Balaban J connectivity index is 1.57. The standard InChI is InChI=1S/C17H13FN4O4/c18-13-5-1-11(2-6-13)9-15(23)19-10-16-20-17(21-26-16)12-3-7-14(8-4-12)22(24)25/h1-8H,9-10H2,(H,19,23). The van der Waals surface area contributed by atoms with Crippen molar-refractivity contribution in [2.45, 2.75) is 13.0 Å². The summed E-state index contributed by atoms with van der Waals surface area (Å²) < 4.78 is 17.9. The quantitative estimate of drug-likeness (QED) is 0.537. The molecule has 0 bridgehead atoms. The SMILES string of the molecule is O=C(Cc1ccc(F)cc1)NCc1nc(-c2ccc([N+](=O)[O-])cc2)no1. The second kappa shape index (κ2) is 7.51. The van der Waals surface area contributed by atoms with Crippen LogP contribution in [0.4, 0.5) is 10.1 Å². The zero-order valence-corrected chi connectivity index (χ0v) is 13.4. The van der Waals surface area contributed by atoms with E-state index in [1.807, 2.05) is 0 Å². The van der Waals surface area contributed by atoms with Gasteiger partial charge >= 0.3 is 0 Å². The number of benzene rings is 2. The summed E-state index contributed by atoms with van der Waals surface area (Å²) >= 11 is 0. The highest BCUT2D eigenvalue weighted by Gasteiger charge is 2.12. The molecule has 3 aromatic rings. The zero-order valence-electron chi connectivity index (χ0n) is 13.4. The van der Waals surface area contributed by atoms with Crippen molar-refractivity contribution in [3.8, 4) is 11.4 Å². The molecule has 0 radical (unpaired) electrons. The maximum atomic E-state index is 12.8. The molecule has 0 aliphatic rings. The van der Waals surface area contributed by atoms with E-state index in [9.17, 15) is 19.3 Å². The van der Waals surface area contributed by atoms with E-state index in [0.717, 1.165) is 0 Å². The summed E-state index contributed by atoms with van der Waals surface area (Å²) in [6.45, 7) is 0.0417. The van der Waals surface area contributed by atoms with Crippen LogP contribution in [0.5, 0.6) is 0 Å². The Hall–Kier alpha value is -3.62. The van der Waals surface area contributed by atoms with Gasteiger partial charge in [0.1, 0.15) is 5.82 Å². The molecule has 1 amide bonds. The van der Waals surface area contributed by atoms with Crippen molar-refractivity contribution < 1.29 is 18.6 Å². The van der Waals surface area contributed by atoms with E-state index >= 15 is 0 Å². The van der Waals surface area contributed by atoms with E-state index in [-0.39, 0.29) is 42.1 Å². The zero-order chi connectivity index (χ0) is 18.5. The summed E-state index contributed by atoms with van der Waals surface area (Å²) in [4.78, 5) is 26.2. The van der Waals surface area contributed by atoms with Gasteiger partial charge in [-0.1, -0.05) is 17.3 Å². The minimum absolute atomic E-state index is 0.0366. The van der Waals surface area contributed by atoms with Crippen molar-refractivity contribution in [3.05, 3.63) is 75.9 Å². The molecular weight excluding hydrogens is 343 g/mol. The van der Waals surface area contributed by atoms with Crippen LogP contribution in [0.1, 0.15) is 11.5 Å². The molecule has 2 aromatic carbocycles. The van der Waals surface area contributed by atoms with Crippen molar-refractivity contribution in [3.63, 3.8) is 0 Å². The number of carbonyl (C=O) groups excluding carboxylic acids is 1. The normalized spacial score (nSPS) is 10.5. The predicted molar refractivity (Wildman–Crippen MR) is 88.3 cm³/mol. The molecule has 3 rings (SSSR count). The van der Waals surface area contributed by atoms with Gasteiger partial charge in [0.2, 0.25) is 17.6 Å². The average Bonchev–Trinajstić information content (AvgIpc) is 3.11. The molecule has 1 heterocycles. The fourth-order valence-corrected chi connectivity index (χ4v) is 2.20. The largest absolute Gasteiger partial charge is 0.347 e. The lowest BCUT2D eigenvalue weighted by Crippen LogP contribution is -2.24. The number of hydrogen-bond donors (Lipinski definition) is 1. The van der Waals surface area contributed by atoms with Crippen LogP contribution in [0.15, 0.2) is 53.1 Å². The summed E-state index contributed by atoms with van der Waals surface area (Å²) in [5.41, 5.74) is 1.20. The highest BCUT2D eigenvalue weighted by atomic mass is 19.1. The number of nitro groups is 1. The highest BCUT2D eigenvalue weighted by Crippen LogP contribution is 2.19. The van der Waals surface area contributed by atoms with E-state index < -0.39 is 4.92 Å². The Bertz CT molecular complexity index is 923. The summed E-state index contributed by atoms with van der Waals surface area (Å²) in [7, 11) is 0. The van der Waals surface area contributed by atoms with Crippen molar-refractivity contribution >= 4 is 11.6 Å². The van der Waals surface area contributed by atoms with Crippen LogP contribution in [0.25, 0.3) is 11.4 Å². The lowest BCUT2D eigenvalue weighted by atomic mass is 10.1. The topological polar surface area (TPSA) is 111 Å². The van der Waals surface area contributed by atoms with Gasteiger partial charge < -0.3 is 9.84 Å². The number of nitro benzene ring substituents is 1. The van der Waals surface area contributed by atoms with Crippen LogP contribution < -0.4 is 5.32 Å². The molecule has 0 spiro atoms. The molecule has 0 saturated heterocycles. The Morgan fingerprint density at radius 3 is 2.50 bits per heavy atom. The fourth-order valence-electron chi connectivity index (χ4n) is 2.20. The molecule has 0 unspecified atom stereocenters. The molecule has 0 saturated carbocycles. The molecule has 0 aliphatic heterocycles. The monoisotopic (exact) mass is 356 g/mol. The number of halogens is 1. The van der Waals surface area contributed by atoms with Crippen molar-refractivity contribution in [1.82, 2.24) is 15.5 Å². The van der Waals surface area contributed by atoms with Crippen LogP contribution >= 0.6 is 0 Å². The van der Waals surface area contributed by atoms with Crippen LogP contribution in [0.2, 0.25) is 0 Å². The predicted octanol–water partition coefficient (Wildman–Crippen LogP) is 2.64. The van der Waals surface area contributed by atoms with Crippen molar-refractivity contribution in [2.75, 3.05) is 0 Å². The summed E-state index contributed by atoms with van der Waals surface area (Å²) in [5.74, 6) is -0.168. The number of non-ortho nitro benzene ring substituents is 1. The maximum absolute atomic E-state index is 12.8. The van der Waals surface area contributed by atoms with E-state index in [1.165, 1.54) is 48.5 Å². The minimum Gasteiger partial charge on any atom is -0.347 e. The van der Waals surface area contributed by atoms with Gasteiger partial charge in [-0.3, -0.25) is 14.9 Å². The van der Waals surface area contributed by atoms with Gasteiger partial charge in [-0.25, -0.2) is 4.39 Å². The van der Waals surface area contributed by atoms with Crippen LogP contribution in [-0.2, 0) is 17.8 Å². The number of nitrogens with one attached hydrogen (secondary N) is 1. The molecule has 9 heteroatoms. The van der Waals surface area contributed by atoms with Gasteiger partial charge in [0.05, 0.1) is 17.9 Å². The lowest BCUT2D eigenvalue weighted by molar-refractivity contribution is -0.384. The molecule has 132 valence electrons. The second-order valence-electron chi connectivity index (χ2n) is 5.40. The van der Waals surface area contributed by atoms with E-state index in [4.69, 9.17) is 4.52 Å². The Labute approximate surface area is 146 Å². The Morgan fingerprint density at radius 2 is 1.85 bits per heavy atom. The summed E-state index contributed by atoms with van der Waals surface area (Å²) in [5, 5.41) is 17.1. The third-order valence-electron chi connectivity index (χ3n) is 3.52. The van der Waals surface area contributed by atoms with Crippen LogP contribution in [0, 0.1) is 15.9 Å². The number of aromatic nitrogens is 2. The van der Waals surface area contributed by atoms with Crippen LogP contribution in [-0.4, -0.2) is 21.0 Å². The van der Waals surface area contributed by atoms with Crippen molar-refractivity contribution in [2.24, 2.45) is 0 Å². The summed E-state index contributed by atoms with van der Waals surface area (Å²) in [6, 6.07) is 11.4. The Morgan fingerprint density at radius 1 is 1.15 bits per heavy atom. The lowest BCUT2D eigenvalue weighted by Gasteiger charge is -2.02. The molecule has 1 aromatic heterocycles. The van der Waals surface area contributed by atoms with Crippen molar-refractivity contribution in [1.29, 1.82) is 0 Å². The average molecular weight is 356 g/mol. The first-order valence-electron chi connectivity index (χ1n) is 7.60. The molecular formula is C17H13FN4O4. The smallest absolute Gasteiger partial charge is 0.269 e. The minimum atomic E-state index is -0.498. The first kappa shape index (κ1) is 17.2. The Kier molecular flexibility index (Phi) is 4.97. The molecule has 0 aliphatic carbocycles. The number of nitrogens with zero attached hydrogens (tertiary/aromatic N) is 3. The van der Waals surface area contributed by atoms with Gasteiger partial charge in [0, 0.05) is 17.7 Å². The second-order valence-corrected chi connectivity index (χ2v) is 5.40. The van der Waals surface area contributed by atoms with Gasteiger partial charge in [-0.2, -0.15) is 4.98 Å². The van der Waals surface area contributed by atoms with E-state index in [1.54, 1.807) is 0 Å². The molecule has 8 nitrogen and oxygen atoms in total. The number of rotatable bonds is 6. The first-order valence-corrected chi connectivity index (χ1v) is 7.60. The molecule has 26 heavy (non-hydrogen) atoms. The summed E-state index contributed by atoms with van der Waals surface area (Å²) in [6.07, 6.45) is 0.101. The van der Waals surface area contributed by atoms with E-state index in [0.29, 0.717) is 11.1 Å². The van der Waals surface area contributed by atoms with Gasteiger partial charge in [-0.05, 0) is 29.8 Å². The first-order chi connectivity index (χ1) is 12.5. The molecule has 1 N–H and O–H groups in total. The van der Waals surface area contributed by atoms with Gasteiger partial charge in [0.15, 0.2) is 0 Å². The maximum Gasteiger partial charge on any atom is 0.269 e. The number of hydrogen-bond acceptors (Lipinski definition) is 6. The highest BCUT2D eigenvalue weighted by molar-refractivity contribution is 5.78. The third kappa shape index (κ3) is 4.26. The van der Waals surface area contributed by atoms with E-state index in [2.05, 4.69) is 15.5 Å². The number of carbonyl (C=O) groups is 1. The van der Waals surface area contributed by atoms with Gasteiger partial charge in [0.25, 0.3) is 5.69 Å². The van der Waals surface area contributed by atoms with Crippen LogP contribution in [0.3, 0.4) is 0 Å². The molecule has 0 fully saturated rings.